The van der Waals surface area contributed by atoms with Crippen LogP contribution in [-0.2, 0) is 0 Å². The van der Waals surface area contributed by atoms with Gasteiger partial charge in [0.25, 0.3) is 0 Å². The van der Waals surface area contributed by atoms with Crippen molar-refractivity contribution in [3.05, 3.63) is 35.6 Å². The van der Waals surface area contributed by atoms with E-state index in [1.54, 1.807) is 0 Å². The van der Waals surface area contributed by atoms with E-state index in [1.807, 2.05) is 17.0 Å². The highest BCUT2D eigenvalue weighted by Gasteiger charge is 2.29. The first kappa shape index (κ1) is 20.1. The van der Waals surface area contributed by atoms with Crippen molar-refractivity contribution in [2.45, 2.75) is 45.2 Å². The number of urea groups is 1. The van der Waals surface area contributed by atoms with Gasteiger partial charge in [-0.3, -0.25) is 4.90 Å². The van der Waals surface area contributed by atoms with E-state index in [4.69, 9.17) is 0 Å². The van der Waals surface area contributed by atoms with Gasteiger partial charge in [-0.05, 0) is 43.5 Å². The van der Waals surface area contributed by atoms with Crippen LogP contribution in [0.25, 0.3) is 0 Å². The van der Waals surface area contributed by atoms with E-state index in [-0.39, 0.29) is 23.9 Å². The minimum Gasteiger partial charge on any atom is -0.334 e. The quantitative estimate of drug-likeness (QED) is 0.829. The number of rotatable bonds is 6. The van der Waals surface area contributed by atoms with Gasteiger partial charge in [-0.2, -0.15) is 0 Å². The van der Waals surface area contributed by atoms with Gasteiger partial charge in [0.15, 0.2) is 0 Å². The molecule has 1 aromatic carbocycles. The van der Waals surface area contributed by atoms with Crippen LogP contribution >= 0.6 is 0 Å². The molecule has 0 aliphatic carbocycles. The van der Waals surface area contributed by atoms with Crippen LogP contribution in [0.1, 0.15) is 44.7 Å². The zero-order valence-electron chi connectivity index (χ0n) is 16.7. The van der Waals surface area contributed by atoms with Crippen LogP contribution in [0.15, 0.2) is 24.3 Å². The van der Waals surface area contributed by atoms with Gasteiger partial charge in [0.1, 0.15) is 5.82 Å². The van der Waals surface area contributed by atoms with Crippen molar-refractivity contribution in [1.29, 1.82) is 0 Å². The average Bonchev–Trinajstić information content (AvgIpc) is 3.11. The number of carbonyl (C=O) groups is 1. The Labute approximate surface area is 162 Å². The fourth-order valence-electron chi connectivity index (χ4n) is 4.36. The molecular formula is C21H33FN4O. The lowest BCUT2D eigenvalue weighted by Gasteiger charge is -2.39. The average molecular weight is 377 g/mol. The van der Waals surface area contributed by atoms with E-state index in [0.29, 0.717) is 0 Å². The Kier molecular flexibility index (Phi) is 7.07. The molecule has 2 aliphatic heterocycles. The molecule has 0 bridgehead atoms. The summed E-state index contributed by atoms with van der Waals surface area (Å²) in [6.07, 6.45) is 3.19. The number of amides is 2. The Bertz CT molecular complexity index is 601. The monoisotopic (exact) mass is 376 g/mol. The highest BCUT2D eigenvalue weighted by atomic mass is 19.1. The van der Waals surface area contributed by atoms with Gasteiger partial charge < -0.3 is 15.1 Å². The molecule has 6 heteroatoms. The number of nitrogens with zero attached hydrogens (tertiary/aromatic N) is 3. The molecule has 2 fully saturated rings. The fraction of sp³-hybridized carbons (Fsp3) is 0.667. The van der Waals surface area contributed by atoms with Crippen LogP contribution in [0, 0.1) is 5.82 Å². The number of benzene rings is 1. The SMILES string of the molecule is CCCN1CCC(NC(=O)N2CCN(C(CC)c3ccc(F)cc3)CC2)C1. The first-order valence-corrected chi connectivity index (χ1v) is 10.4. The van der Waals surface area contributed by atoms with E-state index in [1.165, 1.54) is 12.1 Å². The molecule has 0 radical (unpaired) electrons. The second-order valence-electron chi connectivity index (χ2n) is 7.73. The molecule has 0 saturated carbocycles. The largest absolute Gasteiger partial charge is 0.334 e. The predicted octanol–water partition coefficient (Wildman–Crippen LogP) is 3.09. The van der Waals surface area contributed by atoms with Gasteiger partial charge in [-0.1, -0.05) is 26.0 Å². The van der Waals surface area contributed by atoms with Gasteiger partial charge in [0.05, 0.1) is 0 Å². The van der Waals surface area contributed by atoms with E-state index >= 15 is 0 Å². The molecule has 5 nitrogen and oxygen atoms in total. The molecule has 27 heavy (non-hydrogen) atoms. The Morgan fingerprint density at radius 3 is 2.48 bits per heavy atom. The van der Waals surface area contributed by atoms with Crippen molar-refractivity contribution in [3.63, 3.8) is 0 Å². The van der Waals surface area contributed by atoms with E-state index < -0.39 is 0 Å². The summed E-state index contributed by atoms with van der Waals surface area (Å²) in [5.41, 5.74) is 1.15. The normalized spacial score (nSPS) is 22.8. The van der Waals surface area contributed by atoms with E-state index in [0.717, 1.165) is 70.6 Å². The van der Waals surface area contributed by atoms with Gasteiger partial charge in [-0.25, -0.2) is 9.18 Å². The maximum absolute atomic E-state index is 13.2. The maximum atomic E-state index is 13.2. The van der Waals surface area contributed by atoms with E-state index in [2.05, 4.69) is 29.0 Å². The third-order valence-corrected chi connectivity index (χ3v) is 5.82. The molecule has 0 aromatic heterocycles. The van der Waals surface area contributed by atoms with Gasteiger partial charge in [-0.15, -0.1) is 0 Å². The minimum atomic E-state index is -0.195. The molecule has 1 N–H and O–H groups in total. The number of likely N-dealkylation sites (tertiary alicyclic amines) is 1. The van der Waals surface area contributed by atoms with Crippen molar-refractivity contribution in [2.24, 2.45) is 0 Å². The van der Waals surface area contributed by atoms with Crippen LogP contribution in [0.4, 0.5) is 9.18 Å². The van der Waals surface area contributed by atoms with Crippen LogP contribution in [0.3, 0.4) is 0 Å². The predicted molar refractivity (Wildman–Crippen MR) is 106 cm³/mol. The van der Waals surface area contributed by atoms with Gasteiger partial charge in [0.2, 0.25) is 0 Å². The Balaban J connectivity index is 1.47. The summed E-state index contributed by atoms with van der Waals surface area (Å²) in [6, 6.07) is 7.47. The number of carbonyl (C=O) groups excluding carboxylic acids is 1. The standard InChI is InChI=1S/C21H33FN4O/c1-3-10-24-11-9-19(16-24)23-21(27)26-14-12-25(13-15-26)20(4-2)17-5-7-18(22)8-6-17/h5-8,19-20H,3-4,9-16H2,1-2H3,(H,23,27). The van der Waals surface area contributed by atoms with Crippen LogP contribution in [-0.4, -0.2) is 72.6 Å². The van der Waals surface area contributed by atoms with Crippen LogP contribution < -0.4 is 5.32 Å². The van der Waals surface area contributed by atoms with Crippen molar-refractivity contribution in [2.75, 3.05) is 45.8 Å². The highest BCUT2D eigenvalue weighted by Crippen LogP contribution is 2.25. The zero-order valence-corrected chi connectivity index (χ0v) is 16.7. The molecule has 150 valence electrons. The second kappa shape index (κ2) is 9.51. The van der Waals surface area contributed by atoms with E-state index in [9.17, 15) is 9.18 Å². The van der Waals surface area contributed by atoms with Crippen LogP contribution in [0.2, 0.25) is 0 Å². The third kappa shape index (κ3) is 5.20. The first-order chi connectivity index (χ1) is 13.1. The summed E-state index contributed by atoms with van der Waals surface area (Å²) >= 11 is 0. The van der Waals surface area contributed by atoms with Gasteiger partial charge in [0, 0.05) is 51.4 Å². The lowest BCUT2D eigenvalue weighted by atomic mass is 10.0. The molecule has 2 aliphatic rings. The number of hydrogen-bond donors (Lipinski definition) is 1. The van der Waals surface area contributed by atoms with Crippen molar-refractivity contribution in [1.82, 2.24) is 20.0 Å². The van der Waals surface area contributed by atoms with Gasteiger partial charge >= 0.3 is 6.03 Å². The number of piperazine rings is 1. The third-order valence-electron chi connectivity index (χ3n) is 5.82. The maximum Gasteiger partial charge on any atom is 0.317 e. The molecule has 2 heterocycles. The summed E-state index contributed by atoms with van der Waals surface area (Å²) in [5, 5.41) is 3.22. The number of nitrogens with one attached hydrogen (secondary N) is 1. The molecule has 2 unspecified atom stereocenters. The Morgan fingerprint density at radius 1 is 1.15 bits per heavy atom. The lowest BCUT2D eigenvalue weighted by molar-refractivity contribution is 0.104. The lowest BCUT2D eigenvalue weighted by Crippen LogP contribution is -2.54. The number of halogens is 1. The second-order valence-corrected chi connectivity index (χ2v) is 7.73. The molecule has 3 rings (SSSR count). The molecule has 2 atom stereocenters. The molecule has 0 spiro atoms. The summed E-state index contributed by atoms with van der Waals surface area (Å²) in [5.74, 6) is -0.195. The van der Waals surface area contributed by atoms with Crippen molar-refractivity contribution < 1.29 is 9.18 Å². The Hall–Kier alpha value is -1.66. The van der Waals surface area contributed by atoms with Crippen molar-refractivity contribution in [3.8, 4) is 0 Å². The summed E-state index contributed by atoms with van der Waals surface area (Å²) in [4.78, 5) is 19.4. The topological polar surface area (TPSA) is 38.8 Å². The zero-order chi connectivity index (χ0) is 19.2. The van der Waals surface area contributed by atoms with Crippen molar-refractivity contribution >= 4 is 6.03 Å². The number of hydrogen-bond acceptors (Lipinski definition) is 3. The molecule has 1 aromatic rings. The smallest absolute Gasteiger partial charge is 0.317 e. The Morgan fingerprint density at radius 2 is 1.85 bits per heavy atom. The fourth-order valence-corrected chi connectivity index (χ4v) is 4.36. The van der Waals surface area contributed by atoms with Crippen LogP contribution in [0.5, 0.6) is 0 Å². The summed E-state index contributed by atoms with van der Waals surface area (Å²) in [6.45, 7) is 10.7. The highest BCUT2D eigenvalue weighted by molar-refractivity contribution is 5.74. The minimum absolute atomic E-state index is 0.0767. The molecular weight excluding hydrogens is 343 g/mol. The molecule has 2 saturated heterocycles. The summed E-state index contributed by atoms with van der Waals surface area (Å²) < 4.78 is 13.2. The summed E-state index contributed by atoms with van der Waals surface area (Å²) in [7, 11) is 0. The first-order valence-electron chi connectivity index (χ1n) is 10.4. The molecule has 2 amide bonds.